The third-order valence-electron chi connectivity index (χ3n) is 6.19. The standard InChI is InChI=1S/C20H28N2O/c1-2-22-13-9-17-16(6-3-7-18(17)22)14-21-12-5-11-20(15-21)10-4-8-19(20)23/h3,6-7,9,13,19,23H,2,4-5,8,10-12,14-15H2,1H3/t19-,20-/m1/s1. The van der Waals surface area contributed by atoms with E-state index in [1.807, 2.05) is 0 Å². The highest BCUT2D eigenvalue weighted by atomic mass is 16.3. The van der Waals surface area contributed by atoms with Gasteiger partial charge in [0.2, 0.25) is 0 Å². The molecule has 2 heterocycles. The van der Waals surface area contributed by atoms with Gasteiger partial charge < -0.3 is 9.67 Å². The van der Waals surface area contributed by atoms with E-state index in [1.54, 1.807) is 0 Å². The van der Waals surface area contributed by atoms with Gasteiger partial charge in [0, 0.05) is 42.1 Å². The van der Waals surface area contributed by atoms with Crippen LogP contribution >= 0.6 is 0 Å². The topological polar surface area (TPSA) is 28.4 Å². The third-order valence-corrected chi connectivity index (χ3v) is 6.19. The minimum atomic E-state index is -0.0812. The van der Waals surface area contributed by atoms with Crippen molar-refractivity contribution in [3.05, 3.63) is 36.0 Å². The Hall–Kier alpha value is -1.32. The van der Waals surface area contributed by atoms with Gasteiger partial charge in [-0.15, -0.1) is 0 Å². The number of fused-ring (bicyclic) bond motifs is 1. The summed E-state index contributed by atoms with van der Waals surface area (Å²) in [5, 5.41) is 11.9. The maximum Gasteiger partial charge on any atom is 0.0608 e. The van der Waals surface area contributed by atoms with Crippen LogP contribution in [0.25, 0.3) is 10.9 Å². The molecule has 2 atom stereocenters. The first-order valence-electron chi connectivity index (χ1n) is 9.19. The zero-order valence-corrected chi connectivity index (χ0v) is 14.2. The van der Waals surface area contributed by atoms with Crippen molar-refractivity contribution in [1.82, 2.24) is 9.47 Å². The molecule has 3 nitrogen and oxygen atoms in total. The Morgan fingerprint density at radius 1 is 1.22 bits per heavy atom. The van der Waals surface area contributed by atoms with Gasteiger partial charge in [-0.25, -0.2) is 0 Å². The molecule has 3 heteroatoms. The second-order valence-electron chi connectivity index (χ2n) is 7.54. The monoisotopic (exact) mass is 312 g/mol. The van der Waals surface area contributed by atoms with Gasteiger partial charge in [-0.2, -0.15) is 0 Å². The molecule has 0 radical (unpaired) electrons. The lowest BCUT2D eigenvalue weighted by Crippen LogP contribution is -2.46. The Morgan fingerprint density at radius 2 is 2.09 bits per heavy atom. The number of hydrogen-bond acceptors (Lipinski definition) is 2. The van der Waals surface area contributed by atoms with E-state index in [2.05, 4.69) is 46.9 Å². The summed E-state index contributed by atoms with van der Waals surface area (Å²) in [6, 6.07) is 8.95. The molecule has 1 spiro atoms. The first-order chi connectivity index (χ1) is 11.2. The Labute approximate surface area is 138 Å². The Balaban J connectivity index is 1.57. The van der Waals surface area contributed by atoms with Gasteiger partial charge in [0.05, 0.1) is 6.10 Å². The first kappa shape index (κ1) is 15.2. The number of aliphatic hydroxyl groups excluding tert-OH is 1. The number of nitrogens with zero attached hydrogens (tertiary/aromatic N) is 2. The van der Waals surface area contributed by atoms with Crippen LogP contribution in [-0.2, 0) is 13.1 Å². The molecule has 4 rings (SSSR count). The van der Waals surface area contributed by atoms with Gasteiger partial charge in [0.1, 0.15) is 0 Å². The van der Waals surface area contributed by atoms with E-state index >= 15 is 0 Å². The number of rotatable bonds is 3. The quantitative estimate of drug-likeness (QED) is 0.934. The highest BCUT2D eigenvalue weighted by molar-refractivity contribution is 5.83. The smallest absolute Gasteiger partial charge is 0.0608 e. The van der Waals surface area contributed by atoms with Crippen LogP contribution in [0.4, 0.5) is 0 Å². The SMILES string of the molecule is CCn1ccc2c(CN3CCC[C@]4(CCC[C@H]4O)C3)cccc21. The zero-order chi connectivity index (χ0) is 15.9. The fourth-order valence-electron chi connectivity index (χ4n) is 4.93. The fourth-order valence-corrected chi connectivity index (χ4v) is 4.93. The number of piperidine rings is 1. The van der Waals surface area contributed by atoms with Crippen molar-refractivity contribution < 1.29 is 5.11 Å². The molecule has 1 aromatic carbocycles. The van der Waals surface area contributed by atoms with Gasteiger partial charge >= 0.3 is 0 Å². The van der Waals surface area contributed by atoms with Crippen molar-refractivity contribution in [2.45, 2.75) is 58.2 Å². The number of hydrogen-bond donors (Lipinski definition) is 1. The summed E-state index contributed by atoms with van der Waals surface area (Å²) in [4.78, 5) is 2.58. The lowest BCUT2D eigenvalue weighted by molar-refractivity contribution is -0.0119. The van der Waals surface area contributed by atoms with Crippen LogP contribution in [0.15, 0.2) is 30.5 Å². The normalized spacial score (nSPS) is 28.9. The van der Waals surface area contributed by atoms with Crippen LogP contribution in [-0.4, -0.2) is 33.8 Å². The molecule has 2 aromatic rings. The average molecular weight is 312 g/mol. The van der Waals surface area contributed by atoms with Gasteiger partial charge in [-0.1, -0.05) is 18.6 Å². The van der Waals surface area contributed by atoms with E-state index in [4.69, 9.17) is 0 Å². The van der Waals surface area contributed by atoms with Crippen molar-refractivity contribution in [1.29, 1.82) is 0 Å². The summed E-state index contributed by atoms with van der Waals surface area (Å²) < 4.78 is 2.32. The number of aromatic nitrogens is 1. The second kappa shape index (κ2) is 5.95. The largest absolute Gasteiger partial charge is 0.393 e. The molecule has 1 aliphatic heterocycles. The number of aliphatic hydroxyl groups is 1. The minimum absolute atomic E-state index is 0.0812. The number of benzene rings is 1. The molecule has 1 aliphatic carbocycles. The summed E-state index contributed by atoms with van der Waals surface area (Å²) in [5.41, 5.74) is 2.96. The Morgan fingerprint density at radius 3 is 2.87 bits per heavy atom. The molecule has 1 saturated heterocycles. The summed E-state index contributed by atoms with van der Waals surface area (Å²) in [6.07, 6.45) is 7.96. The fraction of sp³-hybridized carbons (Fsp3) is 0.600. The van der Waals surface area contributed by atoms with Crippen LogP contribution in [0.5, 0.6) is 0 Å². The minimum Gasteiger partial charge on any atom is -0.393 e. The van der Waals surface area contributed by atoms with Crippen LogP contribution in [0.2, 0.25) is 0 Å². The average Bonchev–Trinajstić information content (AvgIpc) is 3.13. The number of likely N-dealkylation sites (tertiary alicyclic amines) is 1. The predicted molar refractivity (Wildman–Crippen MR) is 94.4 cm³/mol. The molecule has 124 valence electrons. The molecule has 2 fully saturated rings. The number of aryl methyl sites for hydroxylation is 1. The van der Waals surface area contributed by atoms with Gasteiger partial charge in [-0.05, 0) is 56.8 Å². The van der Waals surface area contributed by atoms with Crippen LogP contribution < -0.4 is 0 Å². The zero-order valence-electron chi connectivity index (χ0n) is 14.2. The molecule has 2 aliphatic rings. The van der Waals surface area contributed by atoms with Crippen molar-refractivity contribution >= 4 is 10.9 Å². The first-order valence-corrected chi connectivity index (χ1v) is 9.19. The van der Waals surface area contributed by atoms with Crippen LogP contribution in [0, 0.1) is 5.41 Å². The van der Waals surface area contributed by atoms with Crippen LogP contribution in [0.1, 0.15) is 44.6 Å². The van der Waals surface area contributed by atoms with Crippen molar-refractivity contribution in [3.63, 3.8) is 0 Å². The van der Waals surface area contributed by atoms with Gasteiger partial charge in [0.25, 0.3) is 0 Å². The van der Waals surface area contributed by atoms with E-state index in [0.29, 0.717) is 0 Å². The lowest BCUT2D eigenvalue weighted by Gasteiger charge is -2.42. The van der Waals surface area contributed by atoms with Crippen molar-refractivity contribution in [2.75, 3.05) is 13.1 Å². The molecule has 0 unspecified atom stereocenters. The molecule has 0 bridgehead atoms. The summed E-state index contributed by atoms with van der Waals surface area (Å²) in [7, 11) is 0. The molecule has 1 aromatic heterocycles. The van der Waals surface area contributed by atoms with Crippen LogP contribution in [0.3, 0.4) is 0 Å². The second-order valence-corrected chi connectivity index (χ2v) is 7.54. The summed E-state index contributed by atoms with van der Waals surface area (Å²) in [6.45, 7) is 6.46. The maximum atomic E-state index is 10.5. The maximum absolute atomic E-state index is 10.5. The molecule has 0 amide bonds. The third kappa shape index (κ3) is 2.60. The van der Waals surface area contributed by atoms with Crippen molar-refractivity contribution in [2.24, 2.45) is 5.41 Å². The summed E-state index contributed by atoms with van der Waals surface area (Å²) >= 11 is 0. The highest BCUT2D eigenvalue weighted by Gasteiger charge is 2.44. The van der Waals surface area contributed by atoms with E-state index in [1.165, 1.54) is 48.7 Å². The summed E-state index contributed by atoms with van der Waals surface area (Å²) in [5.74, 6) is 0. The van der Waals surface area contributed by atoms with Crippen molar-refractivity contribution in [3.8, 4) is 0 Å². The van der Waals surface area contributed by atoms with E-state index in [9.17, 15) is 5.11 Å². The molecular formula is C20H28N2O. The van der Waals surface area contributed by atoms with Gasteiger partial charge in [-0.3, -0.25) is 4.90 Å². The highest BCUT2D eigenvalue weighted by Crippen LogP contribution is 2.45. The molecule has 1 N–H and O–H groups in total. The molecular weight excluding hydrogens is 284 g/mol. The van der Waals surface area contributed by atoms with E-state index < -0.39 is 0 Å². The lowest BCUT2D eigenvalue weighted by atomic mass is 9.76. The predicted octanol–water partition coefficient (Wildman–Crippen LogP) is 3.79. The van der Waals surface area contributed by atoms with Gasteiger partial charge in [0.15, 0.2) is 0 Å². The Kier molecular flexibility index (Phi) is 3.94. The van der Waals surface area contributed by atoms with E-state index in [-0.39, 0.29) is 11.5 Å². The molecule has 23 heavy (non-hydrogen) atoms. The Bertz CT molecular complexity index is 692. The molecule has 1 saturated carbocycles. The van der Waals surface area contributed by atoms with E-state index in [0.717, 1.165) is 26.1 Å².